The molecule has 26 heavy (non-hydrogen) atoms. The van der Waals surface area contributed by atoms with Crippen molar-refractivity contribution in [2.75, 3.05) is 20.1 Å². The van der Waals surface area contributed by atoms with Crippen molar-refractivity contribution in [1.29, 1.82) is 0 Å². The third-order valence-corrected chi connectivity index (χ3v) is 6.81. The van der Waals surface area contributed by atoms with E-state index in [2.05, 4.69) is 15.6 Å². The van der Waals surface area contributed by atoms with Crippen molar-refractivity contribution >= 4 is 23.2 Å². The van der Waals surface area contributed by atoms with Gasteiger partial charge in [-0.2, -0.15) is 0 Å². The van der Waals surface area contributed by atoms with Crippen LogP contribution < -0.4 is 5.32 Å². The summed E-state index contributed by atoms with van der Waals surface area (Å²) in [4.78, 5) is 27.3. The van der Waals surface area contributed by atoms with E-state index in [1.54, 1.807) is 24.6 Å². The number of piperidine rings is 1. The first-order valence-corrected chi connectivity index (χ1v) is 9.93. The number of nitrogens with zero attached hydrogens (tertiary/aromatic N) is 4. The van der Waals surface area contributed by atoms with Crippen LogP contribution in [0.15, 0.2) is 23.7 Å². The Balaban J connectivity index is 1.38. The monoisotopic (exact) mass is 373 g/mol. The lowest BCUT2D eigenvalue weighted by Gasteiger charge is -2.53. The number of nitrogens with one attached hydrogen (secondary N) is 1. The molecule has 1 unspecified atom stereocenters. The number of amides is 2. The first kappa shape index (κ1) is 17.2. The second-order valence-corrected chi connectivity index (χ2v) is 8.25. The fourth-order valence-corrected chi connectivity index (χ4v) is 4.91. The van der Waals surface area contributed by atoms with Crippen LogP contribution in [0.1, 0.15) is 47.1 Å². The van der Waals surface area contributed by atoms with Gasteiger partial charge in [0, 0.05) is 25.0 Å². The van der Waals surface area contributed by atoms with E-state index in [9.17, 15) is 9.59 Å². The summed E-state index contributed by atoms with van der Waals surface area (Å²) in [5, 5.41) is 12.8. The summed E-state index contributed by atoms with van der Waals surface area (Å²) >= 11 is 1.64. The Bertz CT molecular complexity index is 792. The number of likely N-dealkylation sites (tertiary alicyclic amines) is 1. The lowest BCUT2D eigenvalue weighted by atomic mass is 9.59. The number of carbonyl (C=O) groups is 2. The number of thiophene rings is 1. The van der Waals surface area contributed by atoms with Crippen molar-refractivity contribution in [2.24, 2.45) is 5.41 Å². The van der Waals surface area contributed by atoms with Gasteiger partial charge in [0.25, 0.3) is 5.91 Å². The highest BCUT2D eigenvalue weighted by Crippen LogP contribution is 2.56. The summed E-state index contributed by atoms with van der Waals surface area (Å²) in [6.45, 7) is 1.61. The van der Waals surface area contributed by atoms with E-state index in [4.69, 9.17) is 0 Å². The molecule has 1 saturated carbocycles. The molecule has 1 aliphatic heterocycles. The van der Waals surface area contributed by atoms with E-state index >= 15 is 0 Å². The molecule has 0 radical (unpaired) electrons. The zero-order chi connectivity index (χ0) is 18.1. The molecule has 0 aromatic carbocycles. The fourth-order valence-electron chi connectivity index (χ4n) is 4.21. The molecular formula is C18H23N5O2S. The predicted octanol–water partition coefficient (Wildman–Crippen LogP) is 1.89. The van der Waals surface area contributed by atoms with Gasteiger partial charge in [-0.15, -0.1) is 16.4 Å². The summed E-state index contributed by atoms with van der Waals surface area (Å²) in [6, 6.07) is 4.29. The van der Waals surface area contributed by atoms with Crippen molar-refractivity contribution in [3.63, 3.8) is 0 Å². The van der Waals surface area contributed by atoms with Gasteiger partial charge in [-0.25, -0.2) is 4.68 Å². The summed E-state index contributed by atoms with van der Waals surface area (Å²) in [5.41, 5.74) is 0.547. The van der Waals surface area contributed by atoms with Crippen LogP contribution in [0.3, 0.4) is 0 Å². The topological polar surface area (TPSA) is 80.1 Å². The van der Waals surface area contributed by atoms with Crippen molar-refractivity contribution in [2.45, 2.75) is 38.1 Å². The molecule has 8 heteroatoms. The van der Waals surface area contributed by atoms with Crippen molar-refractivity contribution < 1.29 is 9.59 Å². The van der Waals surface area contributed by atoms with Gasteiger partial charge in [0.2, 0.25) is 5.91 Å². The van der Waals surface area contributed by atoms with Gasteiger partial charge < -0.3 is 10.2 Å². The van der Waals surface area contributed by atoms with E-state index in [1.807, 2.05) is 27.1 Å². The molecule has 1 N–H and O–H groups in total. The lowest BCUT2D eigenvalue weighted by Crippen LogP contribution is -2.51. The molecular weight excluding hydrogens is 350 g/mol. The second-order valence-electron chi connectivity index (χ2n) is 7.22. The highest BCUT2D eigenvalue weighted by molar-refractivity contribution is 7.10. The Morgan fingerprint density at radius 1 is 1.35 bits per heavy atom. The summed E-state index contributed by atoms with van der Waals surface area (Å²) in [6.07, 6.45) is 6.44. The Morgan fingerprint density at radius 2 is 2.15 bits per heavy atom. The van der Waals surface area contributed by atoms with E-state index < -0.39 is 0 Å². The second kappa shape index (κ2) is 6.83. The molecule has 2 aromatic heterocycles. The summed E-state index contributed by atoms with van der Waals surface area (Å²) in [5.74, 6) is 0.0134. The molecule has 1 saturated heterocycles. The Kier molecular flexibility index (Phi) is 4.52. The summed E-state index contributed by atoms with van der Waals surface area (Å²) in [7, 11) is 1.59. The van der Waals surface area contributed by atoms with Gasteiger partial charge in [-0.05, 0) is 42.5 Å². The number of hydrogen-bond acceptors (Lipinski definition) is 5. The average Bonchev–Trinajstić information content (AvgIpc) is 3.32. The highest BCUT2D eigenvalue weighted by Gasteiger charge is 2.50. The maximum absolute atomic E-state index is 12.5. The molecule has 1 atom stereocenters. The molecule has 1 spiro atoms. The van der Waals surface area contributed by atoms with Crippen LogP contribution >= 0.6 is 11.3 Å². The van der Waals surface area contributed by atoms with Crippen LogP contribution in [0.5, 0.6) is 0 Å². The molecule has 2 amide bonds. The van der Waals surface area contributed by atoms with E-state index in [0.29, 0.717) is 12.1 Å². The quantitative estimate of drug-likeness (QED) is 0.887. The minimum atomic E-state index is -0.210. The van der Waals surface area contributed by atoms with Gasteiger partial charge in [0.15, 0.2) is 5.69 Å². The Hall–Kier alpha value is -2.22. The SMILES string of the molecule is CNC(=O)c1cn(C2CCC23CCN(C(=O)Cc2cccs2)CC3)nn1. The van der Waals surface area contributed by atoms with Crippen LogP contribution in [0.25, 0.3) is 0 Å². The number of rotatable bonds is 4. The first-order chi connectivity index (χ1) is 12.6. The maximum atomic E-state index is 12.5. The Morgan fingerprint density at radius 3 is 2.77 bits per heavy atom. The summed E-state index contributed by atoms with van der Waals surface area (Å²) < 4.78 is 1.86. The molecule has 2 aliphatic rings. The smallest absolute Gasteiger partial charge is 0.273 e. The normalized spacial score (nSPS) is 21.4. The van der Waals surface area contributed by atoms with E-state index in [-0.39, 0.29) is 23.3 Å². The zero-order valence-electron chi connectivity index (χ0n) is 14.9. The largest absolute Gasteiger partial charge is 0.354 e. The van der Waals surface area contributed by atoms with Gasteiger partial charge in [-0.1, -0.05) is 11.3 Å². The van der Waals surface area contributed by atoms with Crippen LogP contribution in [0.4, 0.5) is 0 Å². The standard InChI is InChI=1S/C18H23N5O2S/c1-19-17(25)14-12-23(21-20-14)15-4-5-18(15)6-8-22(9-7-18)16(24)11-13-3-2-10-26-13/h2-3,10,12,15H,4-9,11H2,1H3,(H,19,25). The molecule has 1 aliphatic carbocycles. The van der Waals surface area contributed by atoms with Crippen LogP contribution in [0, 0.1) is 5.41 Å². The van der Waals surface area contributed by atoms with Gasteiger partial charge >= 0.3 is 0 Å². The number of aromatic nitrogens is 3. The van der Waals surface area contributed by atoms with E-state index in [1.165, 1.54) is 0 Å². The average molecular weight is 373 g/mol. The zero-order valence-corrected chi connectivity index (χ0v) is 15.7. The lowest BCUT2D eigenvalue weighted by molar-refractivity contribution is -0.135. The van der Waals surface area contributed by atoms with E-state index in [0.717, 1.165) is 43.6 Å². The molecule has 4 rings (SSSR count). The predicted molar refractivity (Wildman–Crippen MR) is 98.0 cm³/mol. The molecule has 3 heterocycles. The van der Waals surface area contributed by atoms with Crippen molar-refractivity contribution in [1.82, 2.24) is 25.2 Å². The van der Waals surface area contributed by atoms with Gasteiger partial charge in [0.1, 0.15) is 0 Å². The minimum absolute atomic E-state index is 0.188. The molecule has 138 valence electrons. The first-order valence-electron chi connectivity index (χ1n) is 9.05. The van der Waals surface area contributed by atoms with Crippen LogP contribution in [-0.2, 0) is 11.2 Å². The van der Waals surface area contributed by atoms with Crippen molar-refractivity contribution in [3.05, 3.63) is 34.3 Å². The maximum Gasteiger partial charge on any atom is 0.273 e. The van der Waals surface area contributed by atoms with Gasteiger partial charge in [0.05, 0.1) is 18.7 Å². The molecule has 2 fully saturated rings. The van der Waals surface area contributed by atoms with Crippen molar-refractivity contribution in [3.8, 4) is 0 Å². The van der Waals surface area contributed by atoms with Crippen LogP contribution in [-0.4, -0.2) is 51.8 Å². The fraction of sp³-hybridized carbons (Fsp3) is 0.556. The molecule has 0 bridgehead atoms. The number of hydrogen-bond donors (Lipinski definition) is 1. The Labute approximate surface area is 156 Å². The highest BCUT2D eigenvalue weighted by atomic mass is 32.1. The molecule has 2 aromatic rings. The third-order valence-electron chi connectivity index (χ3n) is 5.93. The van der Waals surface area contributed by atoms with Crippen LogP contribution in [0.2, 0.25) is 0 Å². The third kappa shape index (κ3) is 3.02. The number of carbonyl (C=O) groups excluding carboxylic acids is 2. The molecule has 7 nitrogen and oxygen atoms in total. The van der Waals surface area contributed by atoms with Gasteiger partial charge in [-0.3, -0.25) is 9.59 Å². The minimum Gasteiger partial charge on any atom is -0.354 e.